The molecule has 0 spiro atoms. The molecule has 7 heteroatoms. The number of amides is 1. The second kappa shape index (κ2) is 4.58. The molecular formula is C10H10F3NO2S. The summed E-state index contributed by atoms with van der Waals surface area (Å²) < 4.78 is 37.3. The number of carbonyl (C=O) groups excluding carboxylic acids is 1. The third kappa shape index (κ3) is 3.64. The van der Waals surface area contributed by atoms with Gasteiger partial charge in [-0.3, -0.25) is 4.79 Å². The van der Waals surface area contributed by atoms with Crippen LogP contribution in [-0.2, 0) is 15.9 Å². The molecule has 1 aromatic carbocycles. The number of primary amides is 1. The second-order valence-electron chi connectivity index (χ2n) is 3.54. The number of nitrogens with two attached hydrogens (primary N) is 1. The summed E-state index contributed by atoms with van der Waals surface area (Å²) in [6.07, 6.45) is -5.09. The number of halogens is 3. The van der Waals surface area contributed by atoms with Crippen LogP contribution in [0.1, 0.15) is 17.5 Å². The molecule has 0 fully saturated rings. The number of aliphatic hydroxyl groups is 1. The van der Waals surface area contributed by atoms with Crippen molar-refractivity contribution in [3.8, 4) is 0 Å². The lowest BCUT2D eigenvalue weighted by Gasteiger charge is -2.22. The van der Waals surface area contributed by atoms with Gasteiger partial charge in [-0.15, -0.1) is 12.6 Å². The summed E-state index contributed by atoms with van der Waals surface area (Å²) in [6.45, 7) is 0. The summed E-state index contributed by atoms with van der Waals surface area (Å²) in [5.41, 5.74) is 3.82. The van der Waals surface area contributed by atoms with E-state index in [2.05, 4.69) is 12.6 Å². The predicted octanol–water partition coefficient (Wildman–Crippen LogP) is 1.66. The maximum absolute atomic E-state index is 12.4. The van der Waals surface area contributed by atoms with E-state index >= 15 is 0 Å². The highest BCUT2D eigenvalue weighted by molar-refractivity contribution is 7.81. The summed E-state index contributed by atoms with van der Waals surface area (Å²) >= 11 is 3.75. The van der Waals surface area contributed by atoms with Gasteiger partial charge >= 0.3 is 6.18 Å². The molecule has 0 saturated heterocycles. The quantitative estimate of drug-likeness (QED) is 0.575. The molecule has 17 heavy (non-hydrogen) atoms. The minimum atomic E-state index is -4.52. The molecule has 3 nitrogen and oxygen atoms in total. The molecule has 0 aliphatic heterocycles. The van der Waals surface area contributed by atoms with Crippen molar-refractivity contribution in [1.29, 1.82) is 0 Å². The van der Waals surface area contributed by atoms with Crippen LogP contribution in [0.5, 0.6) is 0 Å². The van der Waals surface area contributed by atoms with Crippen LogP contribution < -0.4 is 5.73 Å². The van der Waals surface area contributed by atoms with Crippen molar-refractivity contribution in [1.82, 2.24) is 0 Å². The summed E-state index contributed by atoms with van der Waals surface area (Å²) in [5, 5.41) is 9.74. The van der Waals surface area contributed by atoms with E-state index in [1.807, 2.05) is 0 Å². The smallest absolute Gasteiger partial charge is 0.375 e. The number of benzene rings is 1. The lowest BCUT2D eigenvalue weighted by Crippen LogP contribution is -2.27. The van der Waals surface area contributed by atoms with Crippen LogP contribution in [0.25, 0.3) is 0 Å². The molecule has 0 radical (unpaired) electrons. The highest BCUT2D eigenvalue weighted by Crippen LogP contribution is 2.34. The van der Waals surface area contributed by atoms with Crippen LogP contribution in [0.2, 0.25) is 0 Å². The normalized spacial score (nSPS) is 15.4. The highest BCUT2D eigenvalue weighted by atomic mass is 32.1. The Morgan fingerprint density at radius 1 is 1.35 bits per heavy atom. The Labute approximate surface area is 101 Å². The van der Waals surface area contributed by atoms with Crippen molar-refractivity contribution in [3.63, 3.8) is 0 Å². The first-order valence-electron chi connectivity index (χ1n) is 4.54. The first-order valence-corrected chi connectivity index (χ1v) is 4.98. The summed E-state index contributed by atoms with van der Waals surface area (Å²) in [5.74, 6) is -0.861. The van der Waals surface area contributed by atoms with Crippen LogP contribution in [0.3, 0.4) is 0 Å². The van der Waals surface area contributed by atoms with Crippen molar-refractivity contribution in [3.05, 3.63) is 35.4 Å². The van der Waals surface area contributed by atoms with E-state index in [4.69, 9.17) is 5.73 Å². The van der Waals surface area contributed by atoms with E-state index in [9.17, 15) is 23.1 Å². The molecule has 1 rings (SSSR count). The van der Waals surface area contributed by atoms with E-state index in [0.717, 1.165) is 18.2 Å². The van der Waals surface area contributed by atoms with Gasteiger partial charge in [0.1, 0.15) is 4.93 Å². The van der Waals surface area contributed by atoms with Gasteiger partial charge in [-0.2, -0.15) is 13.2 Å². The molecule has 0 heterocycles. The minimum absolute atomic E-state index is 0.130. The first kappa shape index (κ1) is 13.9. The Morgan fingerprint density at radius 2 is 1.88 bits per heavy atom. The van der Waals surface area contributed by atoms with Crippen LogP contribution >= 0.6 is 12.6 Å². The van der Waals surface area contributed by atoms with E-state index in [1.165, 1.54) is 6.07 Å². The zero-order chi connectivity index (χ0) is 13.3. The summed E-state index contributed by atoms with van der Waals surface area (Å²) in [4.78, 5) is 8.65. The maximum Gasteiger partial charge on any atom is 0.416 e. The van der Waals surface area contributed by atoms with Gasteiger partial charge in [0.25, 0.3) is 0 Å². The average molecular weight is 265 g/mol. The minimum Gasteiger partial charge on any atom is -0.375 e. The molecule has 0 saturated carbocycles. The van der Waals surface area contributed by atoms with E-state index in [-0.39, 0.29) is 5.56 Å². The second-order valence-corrected chi connectivity index (χ2v) is 4.28. The van der Waals surface area contributed by atoms with Gasteiger partial charge < -0.3 is 10.8 Å². The summed E-state index contributed by atoms with van der Waals surface area (Å²) in [7, 11) is 0. The molecule has 0 aromatic heterocycles. The molecule has 1 amide bonds. The highest BCUT2D eigenvalue weighted by Gasteiger charge is 2.33. The van der Waals surface area contributed by atoms with Crippen LogP contribution in [0.15, 0.2) is 24.3 Å². The Hall–Kier alpha value is -1.21. The standard InChI is InChI=1S/C10H10F3NO2S/c11-10(12,13)7-3-1-2-6(4-7)9(16,17)5-8(14)15/h1-4,16-17H,5H2,(H2,14,15). The largest absolute Gasteiger partial charge is 0.416 e. The Morgan fingerprint density at radius 3 is 2.35 bits per heavy atom. The topological polar surface area (TPSA) is 63.3 Å². The monoisotopic (exact) mass is 265 g/mol. The van der Waals surface area contributed by atoms with Crippen molar-refractivity contribution < 1.29 is 23.1 Å². The van der Waals surface area contributed by atoms with E-state index in [0.29, 0.717) is 0 Å². The van der Waals surface area contributed by atoms with Crippen LogP contribution in [-0.4, -0.2) is 11.0 Å². The third-order valence-corrected chi connectivity index (χ3v) is 2.49. The molecule has 3 N–H and O–H groups in total. The molecule has 1 unspecified atom stereocenters. The Kier molecular flexibility index (Phi) is 3.73. The number of hydrogen-bond acceptors (Lipinski definition) is 3. The third-order valence-electron chi connectivity index (χ3n) is 2.07. The van der Waals surface area contributed by atoms with Crippen molar-refractivity contribution in [2.75, 3.05) is 0 Å². The van der Waals surface area contributed by atoms with Gasteiger partial charge in [0, 0.05) is 0 Å². The Balaban J connectivity index is 3.11. The fourth-order valence-corrected chi connectivity index (χ4v) is 1.58. The van der Waals surface area contributed by atoms with Crippen molar-refractivity contribution in [2.45, 2.75) is 17.5 Å². The van der Waals surface area contributed by atoms with Crippen LogP contribution in [0.4, 0.5) is 13.2 Å². The van der Waals surface area contributed by atoms with Gasteiger partial charge in [0.05, 0.1) is 12.0 Å². The van der Waals surface area contributed by atoms with Crippen molar-refractivity contribution in [2.24, 2.45) is 5.73 Å². The number of thiol groups is 1. The van der Waals surface area contributed by atoms with Gasteiger partial charge in [0.2, 0.25) is 5.91 Å². The molecule has 0 bridgehead atoms. The van der Waals surface area contributed by atoms with Gasteiger partial charge in [0.15, 0.2) is 0 Å². The molecule has 1 atom stereocenters. The zero-order valence-electron chi connectivity index (χ0n) is 8.53. The number of hydrogen-bond donors (Lipinski definition) is 3. The number of rotatable bonds is 3. The predicted molar refractivity (Wildman–Crippen MR) is 58.1 cm³/mol. The fraction of sp³-hybridized carbons (Fsp3) is 0.300. The molecule has 1 aromatic rings. The van der Waals surface area contributed by atoms with Crippen LogP contribution in [0, 0.1) is 0 Å². The number of carbonyl (C=O) groups is 1. The number of alkyl halides is 3. The SMILES string of the molecule is NC(=O)CC(O)(S)c1cccc(C(F)(F)F)c1. The fourth-order valence-electron chi connectivity index (χ4n) is 1.29. The van der Waals surface area contributed by atoms with Gasteiger partial charge in [-0.1, -0.05) is 12.1 Å². The maximum atomic E-state index is 12.4. The Bertz CT molecular complexity index is 432. The lowest BCUT2D eigenvalue weighted by molar-refractivity contribution is -0.137. The van der Waals surface area contributed by atoms with Gasteiger partial charge in [-0.05, 0) is 17.7 Å². The average Bonchev–Trinajstić information content (AvgIpc) is 2.14. The lowest BCUT2D eigenvalue weighted by atomic mass is 10.0. The molecule has 0 aliphatic rings. The molecular weight excluding hydrogens is 255 g/mol. The molecule has 94 valence electrons. The van der Waals surface area contributed by atoms with E-state index < -0.39 is 29.0 Å². The summed E-state index contributed by atoms with van der Waals surface area (Å²) in [6, 6.07) is 3.96. The van der Waals surface area contributed by atoms with Gasteiger partial charge in [-0.25, -0.2) is 0 Å². The van der Waals surface area contributed by atoms with Crippen molar-refractivity contribution >= 4 is 18.5 Å². The first-order chi connectivity index (χ1) is 7.63. The van der Waals surface area contributed by atoms with E-state index in [1.54, 1.807) is 0 Å². The zero-order valence-corrected chi connectivity index (χ0v) is 9.42. The molecule has 0 aliphatic carbocycles.